The zero-order valence-corrected chi connectivity index (χ0v) is 8.75. The number of nitrogens with zero attached hydrogens (tertiary/aromatic N) is 1. The zero-order valence-electron chi connectivity index (χ0n) is 8.00. The van der Waals surface area contributed by atoms with Crippen LogP contribution < -0.4 is 11.1 Å². The van der Waals surface area contributed by atoms with Gasteiger partial charge in [0, 0.05) is 6.54 Å². The largest absolute Gasteiger partial charge is 0.405 e. The van der Waals surface area contributed by atoms with E-state index in [1.807, 2.05) is 18.2 Å². The molecule has 2 rings (SSSR count). The molecule has 15 heavy (non-hydrogen) atoms. The predicted octanol–water partition coefficient (Wildman–Crippen LogP) is 2.10. The van der Waals surface area contributed by atoms with Gasteiger partial charge >= 0.3 is 0 Å². The Labute approximate surface area is 92.1 Å². The van der Waals surface area contributed by atoms with Crippen LogP contribution >= 0.6 is 11.6 Å². The molecule has 1 aromatic carbocycles. The standard InChI is InChI=1S/C10H11ClN4/c11-7-3-1-4-8-9(7)10(15-14-8)13-6-2-5-12/h1-5H,6,12H2,(H2,13,14,15). The number of nitrogens with two attached hydrogens (primary N) is 1. The first-order chi connectivity index (χ1) is 7.33. The van der Waals surface area contributed by atoms with Gasteiger partial charge < -0.3 is 11.1 Å². The van der Waals surface area contributed by atoms with E-state index in [1.165, 1.54) is 6.20 Å². The lowest BCUT2D eigenvalue weighted by molar-refractivity contribution is 1.10. The summed E-state index contributed by atoms with van der Waals surface area (Å²) in [4.78, 5) is 0. The van der Waals surface area contributed by atoms with Crippen molar-refractivity contribution in [3.05, 3.63) is 35.5 Å². The molecule has 4 N–H and O–H groups in total. The van der Waals surface area contributed by atoms with Gasteiger partial charge in [0.25, 0.3) is 0 Å². The SMILES string of the molecule is NC=CCNc1n[nH]c2cccc(Cl)c12. The molecule has 4 nitrogen and oxygen atoms in total. The number of hydrogen-bond acceptors (Lipinski definition) is 3. The van der Waals surface area contributed by atoms with Crippen molar-refractivity contribution in [2.24, 2.45) is 5.73 Å². The molecular weight excluding hydrogens is 212 g/mol. The minimum absolute atomic E-state index is 0.627. The van der Waals surface area contributed by atoms with Gasteiger partial charge in [-0.3, -0.25) is 5.10 Å². The molecule has 0 radical (unpaired) electrons. The predicted molar refractivity (Wildman–Crippen MR) is 62.9 cm³/mol. The maximum atomic E-state index is 6.07. The summed E-state index contributed by atoms with van der Waals surface area (Å²) in [6.45, 7) is 0.627. The highest BCUT2D eigenvalue weighted by molar-refractivity contribution is 6.36. The third kappa shape index (κ3) is 1.89. The van der Waals surface area contributed by atoms with E-state index in [0.717, 1.165) is 16.7 Å². The Kier molecular flexibility index (Phi) is 2.78. The number of anilines is 1. The van der Waals surface area contributed by atoms with E-state index in [2.05, 4.69) is 15.5 Å². The lowest BCUT2D eigenvalue weighted by Crippen LogP contribution is -1.99. The monoisotopic (exact) mass is 222 g/mol. The van der Waals surface area contributed by atoms with Gasteiger partial charge in [-0.1, -0.05) is 17.7 Å². The fourth-order valence-corrected chi connectivity index (χ4v) is 1.65. The van der Waals surface area contributed by atoms with Crippen molar-refractivity contribution < 1.29 is 0 Å². The van der Waals surface area contributed by atoms with Crippen LogP contribution in [-0.4, -0.2) is 16.7 Å². The average Bonchev–Trinajstić information content (AvgIpc) is 2.63. The van der Waals surface area contributed by atoms with Crippen LogP contribution in [0.1, 0.15) is 0 Å². The van der Waals surface area contributed by atoms with Crippen molar-refractivity contribution >= 4 is 28.3 Å². The van der Waals surface area contributed by atoms with Gasteiger partial charge in [-0.2, -0.15) is 5.10 Å². The Morgan fingerprint density at radius 2 is 2.40 bits per heavy atom. The summed E-state index contributed by atoms with van der Waals surface area (Å²) in [6.07, 6.45) is 3.29. The van der Waals surface area contributed by atoms with E-state index in [9.17, 15) is 0 Å². The van der Waals surface area contributed by atoms with E-state index >= 15 is 0 Å². The first-order valence-electron chi connectivity index (χ1n) is 4.56. The molecule has 1 heterocycles. The molecule has 0 aliphatic heterocycles. The summed E-state index contributed by atoms with van der Waals surface area (Å²) in [5, 5.41) is 11.7. The molecule has 0 fully saturated rings. The molecule has 0 aliphatic carbocycles. The quantitative estimate of drug-likeness (QED) is 0.745. The van der Waals surface area contributed by atoms with Crippen molar-refractivity contribution in [1.29, 1.82) is 0 Å². The minimum Gasteiger partial charge on any atom is -0.405 e. The summed E-state index contributed by atoms with van der Waals surface area (Å²) in [5.74, 6) is 0.744. The molecule has 0 saturated carbocycles. The van der Waals surface area contributed by atoms with Gasteiger partial charge in [0.1, 0.15) is 0 Å². The maximum absolute atomic E-state index is 6.07. The smallest absolute Gasteiger partial charge is 0.157 e. The molecule has 1 aromatic heterocycles. The molecule has 0 amide bonds. The minimum atomic E-state index is 0.627. The molecular formula is C10H11ClN4. The number of rotatable bonds is 3. The average molecular weight is 223 g/mol. The molecule has 5 heteroatoms. The Balaban J connectivity index is 2.35. The first-order valence-corrected chi connectivity index (χ1v) is 4.94. The highest BCUT2D eigenvalue weighted by atomic mass is 35.5. The first kappa shape index (κ1) is 9.86. The Hall–Kier alpha value is -1.68. The summed E-state index contributed by atoms with van der Waals surface area (Å²) < 4.78 is 0. The van der Waals surface area contributed by atoms with Gasteiger partial charge in [0.2, 0.25) is 0 Å². The molecule has 0 unspecified atom stereocenters. The molecule has 0 atom stereocenters. The molecule has 2 aromatic rings. The number of aromatic nitrogens is 2. The van der Waals surface area contributed by atoms with E-state index in [-0.39, 0.29) is 0 Å². The number of fused-ring (bicyclic) bond motifs is 1. The summed E-state index contributed by atoms with van der Waals surface area (Å²) in [6, 6.07) is 5.65. The number of nitrogens with one attached hydrogen (secondary N) is 2. The van der Waals surface area contributed by atoms with E-state index in [1.54, 1.807) is 6.08 Å². The van der Waals surface area contributed by atoms with Crippen molar-refractivity contribution in [3.8, 4) is 0 Å². The maximum Gasteiger partial charge on any atom is 0.157 e. The van der Waals surface area contributed by atoms with E-state index in [4.69, 9.17) is 17.3 Å². The van der Waals surface area contributed by atoms with Gasteiger partial charge in [0.15, 0.2) is 5.82 Å². The van der Waals surface area contributed by atoms with Crippen LogP contribution in [0.2, 0.25) is 5.02 Å². The molecule has 0 bridgehead atoms. The topological polar surface area (TPSA) is 66.7 Å². The highest BCUT2D eigenvalue weighted by Crippen LogP contribution is 2.27. The molecule has 0 saturated heterocycles. The van der Waals surface area contributed by atoms with Crippen LogP contribution in [0.3, 0.4) is 0 Å². The number of H-pyrrole nitrogens is 1. The van der Waals surface area contributed by atoms with E-state index < -0.39 is 0 Å². The fourth-order valence-electron chi connectivity index (χ4n) is 1.38. The van der Waals surface area contributed by atoms with Crippen LogP contribution in [0.5, 0.6) is 0 Å². The van der Waals surface area contributed by atoms with Crippen LogP contribution in [0, 0.1) is 0 Å². The highest BCUT2D eigenvalue weighted by Gasteiger charge is 2.07. The van der Waals surface area contributed by atoms with Crippen molar-refractivity contribution in [2.45, 2.75) is 0 Å². The second-order valence-electron chi connectivity index (χ2n) is 3.04. The van der Waals surface area contributed by atoms with Crippen LogP contribution in [0.4, 0.5) is 5.82 Å². The number of hydrogen-bond donors (Lipinski definition) is 3. The fraction of sp³-hybridized carbons (Fsp3) is 0.100. The Bertz CT molecular complexity index is 489. The van der Waals surface area contributed by atoms with Gasteiger partial charge in [-0.05, 0) is 24.4 Å². The van der Waals surface area contributed by atoms with Crippen LogP contribution in [0.25, 0.3) is 10.9 Å². The summed E-state index contributed by atoms with van der Waals surface area (Å²) >= 11 is 6.07. The van der Waals surface area contributed by atoms with Gasteiger partial charge in [-0.25, -0.2) is 0 Å². The lowest BCUT2D eigenvalue weighted by Gasteiger charge is -1.99. The second kappa shape index (κ2) is 4.23. The van der Waals surface area contributed by atoms with Gasteiger partial charge in [0.05, 0.1) is 15.9 Å². The van der Waals surface area contributed by atoms with Crippen molar-refractivity contribution in [3.63, 3.8) is 0 Å². The number of benzene rings is 1. The summed E-state index contributed by atoms with van der Waals surface area (Å²) in [7, 11) is 0. The van der Waals surface area contributed by atoms with Crippen molar-refractivity contribution in [1.82, 2.24) is 10.2 Å². The van der Waals surface area contributed by atoms with Crippen LogP contribution in [0.15, 0.2) is 30.5 Å². The molecule has 0 aliphatic rings. The second-order valence-corrected chi connectivity index (χ2v) is 3.45. The molecule has 0 spiro atoms. The Morgan fingerprint density at radius 1 is 1.53 bits per heavy atom. The normalized spacial score (nSPS) is 11.3. The number of halogens is 1. The Morgan fingerprint density at radius 3 is 3.20 bits per heavy atom. The van der Waals surface area contributed by atoms with Crippen molar-refractivity contribution in [2.75, 3.05) is 11.9 Å². The third-order valence-electron chi connectivity index (χ3n) is 2.06. The number of aromatic amines is 1. The van der Waals surface area contributed by atoms with Gasteiger partial charge in [-0.15, -0.1) is 0 Å². The summed E-state index contributed by atoms with van der Waals surface area (Å²) in [5.41, 5.74) is 6.15. The zero-order chi connectivity index (χ0) is 10.7. The third-order valence-corrected chi connectivity index (χ3v) is 2.38. The molecule has 78 valence electrons. The van der Waals surface area contributed by atoms with Crippen LogP contribution in [-0.2, 0) is 0 Å². The lowest BCUT2D eigenvalue weighted by atomic mass is 10.2. The van der Waals surface area contributed by atoms with E-state index in [0.29, 0.717) is 11.6 Å².